The highest BCUT2D eigenvalue weighted by Crippen LogP contribution is 2.28. The molecular formula is C17H26N4O3. The highest BCUT2D eigenvalue weighted by molar-refractivity contribution is 5.70. The largest absolute Gasteiger partial charge is 0.460 e. The summed E-state index contributed by atoms with van der Waals surface area (Å²) in [5.74, 6) is 1.43. The molecule has 1 saturated heterocycles. The zero-order valence-electron chi connectivity index (χ0n) is 14.7. The summed E-state index contributed by atoms with van der Waals surface area (Å²) in [6.07, 6.45) is 2.33. The maximum atomic E-state index is 12.0. The summed E-state index contributed by atoms with van der Waals surface area (Å²) < 4.78 is 10.8. The summed E-state index contributed by atoms with van der Waals surface area (Å²) in [5.41, 5.74) is 7.40. The number of fused-ring (bicyclic) bond motifs is 1. The van der Waals surface area contributed by atoms with Crippen LogP contribution in [0.15, 0.2) is 0 Å². The number of anilines is 2. The van der Waals surface area contributed by atoms with Crippen LogP contribution in [0.25, 0.3) is 0 Å². The topological polar surface area (TPSA) is 90.6 Å². The van der Waals surface area contributed by atoms with Crippen molar-refractivity contribution in [3.63, 3.8) is 0 Å². The van der Waals surface area contributed by atoms with Gasteiger partial charge in [-0.05, 0) is 39.5 Å². The van der Waals surface area contributed by atoms with Crippen LogP contribution in [0.1, 0.15) is 51.3 Å². The van der Waals surface area contributed by atoms with E-state index >= 15 is 0 Å². The monoisotopic (exact) mass is 334 g/mol. The Morgan fingerprint density at radius 2 is 2.00 bits per heavy atom. The van der Waals surface area contributed by atoms with Crippen LogP contribution in [0.2, 0.25) is 0 Å². The quantitative estimate of drug-likeness (QED) is 0.846. The Hall–Kier alpha value is -1.89. The van der Waals surface area contributed by atoms with E-state index in [9.17, 15) is 4.79 Å². The number of nitrogen functional groups attached to an aromatic ring is 1. The van der Waals surface area contributed by atoms with E-state index in [-0.39, 0.29) is 5.97 Å². The van der Waals surface area contributed by atoms with Gasteiger partial charge < -0.3 is 20.1 Å². The van der Waals surface area contributed by atoms with Crippen molar-refractivity contribution in [1.82, 2.24) is 9.97 Å². The fourth-order valence-electron chi connectivity index (χ4n) is 3.16. The number of carbonyl (C=O) groups excluding carboxylic acids is 1. The standard InChI is InChI=1S/C17H26N4O3/c1-17(2,3)24-14(22)8-11-4-6-21(7-5-11)16-19-13-10-23-9-12(13)15(18)20-16/h11H,4-10H2,1-3H3,(H2,18,19,20). The maximum Gasteiger partial charge on any atom is 0.306 e. The molecule has 0 radical (unpaired) electrons. The smallest absolute Gasteiger partial charge is 0.306 e. The van der Waals surface area contributed by atoms with Gasteiger partial charge in [0, 0.05) is 25.1 Å². The Morgan fingerprint density at radius 3 is 2.67 bits per heavy atom. The van der Waals surface area contributed by atoms with Crippen molar-refractivity contribution < 1.29 is 14.3 Å². The Morgan fingerprint density at radius 1 is 1.29 bits per heavy atom. The third-order valence-corrected chi connectivity index (χ3v) is 4.37. The van der Waals surface area contributed by atoms with E-state index < -0.39 is 5.60 Å². The number of hydrogen-bond acceptors (Lipinski definition) is 7. The molecule has 132 valence electrons. The Labute approximate surface area is 142 Å². The Kier molecular flexibility index (Phi) is 4.62. The fraction of sp³-hybridized carbons (Fsp3) is 0.706. The molecule has 0 aromatic carbocycles. The molecule has 1 fully saturated rings. The number of ether oxygens (including phenoxy) is 2. The van der Waals surface area contributed by atoms with Crippen molar-refractivity contribution in [2.45, 2.75) is 58.8 Å². The van der Waals surface area contributed by atoms with Crippen molar-refractivity contribution in [2.75, 3.05) is 23.7 Å². The van der Waals surface area contributed by atoms with E-state index in [4.69, 9.17) is 15.2 Å². The first-order chi connectivity index (χ1) is 11.3. The van der Waals surface area contributed by atoms with Gasteiger partial charge in [0.25, 0.3) is 0 Å². The van der Waals surface area contributed by atoms with Crippen LogP contribution in [-0.4, -0.2) is 34.6 Å². The Bertz CT molecular complexity index is 619. The summed E-state index contributed by atoms with van der Waals surface area (Å²) in [6.45, 7) is 8.34. The van der Waals surface area contributed by atoms with Gasteiger partial charge in [0.1, 0.15) is 11.4 Å². The highest BCUT2D eigenvalue weighted by atomic mass is 16.6. The zero-order chi connectivity index (χ0) is 17.3. The second-order valence-corrected chi connectivity index (χ2v) is 7.55. The number of rotatable bonds is 3. The van der Waals surface area contributed by atoms with Gasteiger partial charge in [-0.25, -0.2) is 4.98 Å². The summed E-state index contributed by atoms with van der Waals surface area (Å²) in [4.78, 5) is 23.1. The first-order valence-corrected chi connectivity index (χ1v) is 8.51. The average Bonchev–Trinajstić information content (AvgIpc) is 2.95. The molecule has 2 aliphatic heterocycles. The molecule has 24 heavy (non-hydrogen) atoms. The molecule has 0 unspecified atom stereocenters. The number of aromatic nitrogens is 2. The van der Waals surface area contributed by atoms with Gasteiger partial charge in [0.05, 0.1) is 18.9 Å². The van der Waals surface area contributed by atoms with E-state index in [1.807, 2.05) is 20.8 Å². The van der Waals surface area contributed by atoms with Crippen LogP contribution in [0.3, 0.4) is 0 Å². The van der Waals surface area contributed by atoms with E-state index in [0.29, 0.717) is 37.3 Å². The lowest BCUT2D eigenvalue weighted by molar-refractivity contribution is -0.156. The predicted molar refractivity (Wildman–Crippen MR) is 90.3 cm³/mol. The SMILES string of the molecule is CC(C)(C)OC(=O)CC1CCN(c2nc(N)c3c(n2)COC3)CC1. The van der Waals surface area contributed by atoms with Gasteiger partial charge >= 0.3 is 5.97 Å². The second kappa shape index (κ2) is 6.55. The molecule has 3 heterocycles. The van der Waals surface area contributed by atoms with E-state index in [1.165, 1.54) is 0 Å². The molecular weight excluding hydrogens is 308 g/mol. The minimum Gasteiger partial charge on any atom is -0.460 e. The zero-order valence-corrected chi connectivity index (χ0v) is 14.7. The van der Waals surface area contributed by atoms with E-state index in [2.05, 4.69) is 14.9 Å². The number of esters is 1. The van der Waals surface area contributed by atoms with Gasteiger partial charge in [0.15, 0.2) is 0 Å². The number of hydrogen-bond donors (Lipinski definition) is 1. The minimum absolute atomic E-state index is 0.115. The van der Waals surface area contributed by atoms with Crippen LogP contribution in [0, 0.1) is 5.92 Å². The fourth-order valence-corrected chi connectivity index (χ4v) is 3.16. The lowest BCUT2D eigenvalue weighted by Gasteiger charge is -2.32. The molecule has 0 bridgehead atoms. The first-order valence-electron chi connectivity index (χ1n) is 8.51. The number of carbonyl (C=O) groups is 1. The third kappa shape index (κ3) is 3.95. The molecule has 0 aliphatic carbocycles. The van der Waals surface area contributed by atoms with E-state index in [0.717, 1.165) is 37.2 Å². The van der Waals surface area contributed by atoms with Crippen molar-refractivity contribution in [1.29, 1.82) is 0 Å². The number of nitrogens with two attached hydrogens (primary N) is 1. The molecule has 7 nitrogen and oxygen atoms in total. The van der Waals surface area contributed by atoms with Crippen LogP contribution in [-0.2, 0) is 27.5 Å². The van der Waals surface area contributed by atoms with Gasteiger partial charge in [-0.1, -0.05) is 0 Å². The van der Waals surface area contributed by atoms with Gasteiger partial charge in [-0.15, -0.1) is 0 Å². The molecule has 0 atom stereocenters. The van der Waals surface area contributed by atoms with Crippen LogP contribution < -0.4 is 10.6 Å². The maximum absolute atomic E-state index is 12.0. The lowest BCUT2D eigenvalue weighted by atomic mass is 9.93. The first kappa shape index (κ1) is 17.0. The minimum atomic E-state index is -0.421. The molecule has 7 heteroatoms. The Balaban J connectivity index is 1.56. The number of nitrogens with zero attached hydrogens (tertiary/aromatic N) is 3. The molecule has 3 rings (SSSR count). The molecule has 0 amide bonds. The average molecular weight is 334 g/mol. The van der Waals surface area contributed by atoms with Crippen molar-refractivity contribution in [3.05, 3.63) is 11.3 Å². The van der Waals surface area contributed by atoms with Crippen LogP contribution in [0.4, 0.5) is 11.8 Å². The summed E-state index contributed by atoms with van der Waals surface area (Å²) in [7, 11) is 0. The lowest BCUT2D eigenvalue weighted by Crippen LogP contribution is -2.36. The highest BCUT2D eigenvalue weighted by Gasteiger charge is 2.27. The molecule has 1 aromatic heterocycles. The van der Waals surface area contributed by atoms with Gasteiger partial charge in [-0.2, -0.15) is 4.98 Å². The van der Waals surface area contributed by atoms with Crippen LogP contribution >= 0.6 is 0 Å². The normalized spacial score (nSPS) is 18.5. The second-order valence-electron chi connectivity index (χ2n) is 7.55. The van der Waals surface area contributed by atoms with E-state index in [1.54, 1.807) is 0 Å². The predicted octanol–water partition coefficient (Wildman–Crippen LogP) is 2.04. The van der Waals surface area contributed by atoms with Crippen molar-refractivity contribution >= 4 is 17.7 Å². The van der Waals surface area contributed by atoms with Crippen LogP contribution in [0.5, 0.6) is 0 Å². The summed E-state index contributed by atoms with van der Waals surface area (Å²) in [5, 5.41) is 0. The van der Waals surface area contributed by atoms with Gasteiger partial charge in [0.2, 0.25) is 5.95 Å². The third-order valence-electron chi connectivity index (χ3n) is 4.37. The molecule has 2 N–H and O–H groups in total. The molecule has 0 spiro atoms. The molecule has 1 aromatic rings. The number of piperidine rings is 1. The molecule has 2 aliphatic rings. The summed E-state index contributed by atoms with van der Waals surface area (Å²) >= 11 is 0. The van der Waals surface area contributed by atoms with Crippen molar-refractivity contribution in [2.24, 2.45) is 5.92 Å². The van der Waals surface area contributed by atoms with Crippen molar-refractivity contribution in [3.8, 4) is 0 Å². The van der Waals surface area contributed by atoms with Gasteiger partial charge in [-0.3, -0.25) is 4.79 Å². The molecule has 0 saturated carbocycles. The summed E-state index contributed by atoms with van der Waals surface area (Å²) in [6, 6.07) is 0.